The lowest BCUT2D eigenvalue weighted by atomic mass is 10.0. The first kappa shape index (κ1) is 8.97. The van der Waals surface area contributed by atoms with E-state index in [-0.39, 0.29) is 11.8 Å². The number of rotatable bonds is 3. The van der Waals surface area contributed by atoms with Crippen LogP contribution in [0.15, 0.2) is 0 Å². The molecule has 4 heteroatoms. The number of nitrogens with one attached hydrogen (secondary N) is 2. The van der Waals surface area contributed by atoms with Crippen molar-refractivity contribution < 1.29 is 4.79 Å². The highest BCUT2D eigenvalue weighted by molar-refractivity contribution is 5.80. The van der Waals surface area contributed by atoms with Crippen LogP contribution in [0.25, 0.3) is 0 Å². The third-order valence-electron chi connectivity index (χ3n) is 2.85. The highest BCUT2D eigenvalue weighted by Gasteiger charge is 2.24. The van der Waals surface area contributed by atoms with E-state index in [2.05, 4.69) is 15.8 Å². The molecule has 0 bridgehead atoms. The summed E-state index contributed by atoms with van der Waals surface area (Å²) >= 11 is 0. The monoisotopic (exact) mass is 183 g/mol. The number of hydrazine groups is 1. The van der Waals surface area contributed by atoms with Crippen LogP contribution in [0.4, 0.5) is 0 Å². The fourth-order valence-corrected chi connectivity index (χ4v) is 2.01. The molecule has 0 spiro atoms. The SMILES string of the molecule is O=C1NCCC1CCN1CCCN1. The third kappa shape index (κ3) is 2.19. The number of nitrogens with zero attached hydrogens (tertiary/aromatic N) is 1. The summed E-state index contributed by atoms with van der Waals surface area (Å²) in [4.78, 5) is 11.2. The summed E-state index contributed by atoms with van der Waals surface area (Å²) in [6.45, 7) is 4.11. The minimum atomic E-state index is 0.249. The average molecular weight is 183 g/mol. The van der Waals surface area contributed by atoms with Gasteiger partial charge < -0.3 is 5.32 Å². The van der Waals surface area contributed by atoms with Crippen LogP contribution in [0.1, 0.15) is 19.3 Å². The summed E-state index contributed by atoms with van der Waals surface area (Å²) in [5.74, 6) is 0.515. The van der Waals surface area contributed by atoms with Gasteiger partial charge in [-0.2, -0.15) is 0 Å². The normalized spacial score (nSPS) is 29.5. The van der Waals surface area contributed by atoms with Crippen molar-refractivity contribution in [1.82, 2.24) is 15.8 Å². The van der Waals surface area contributed by atoms with Crippen LogP contribution in [-0.2, 0) is 4.79 Å². The Labute approximate surface area is 78.6 Å². The zero-order valence-corrected chi connectivity index (χ0v) is 7.88. The molecule has 0 radical (unpaired) electrons. The van der Waals surface area contributed by atoms with Crippen LogP contribution in [0.5, 0.6) is 0 Å². The van der Waals surface area contributed by atoms with Gasteiger partial charge >= 0.3 is 0 Å². The van der Waals surface area contributed by atoms with Crippen LogP contribution in [0.2, 0.25) is 0 Å². The maximum atomic E-state index is 11.2. The molecule has 1 atom stereocenters. The van der Waals surface area contributed by atoms with Crippen LogP contribution in [0, 0.1) is 5.92 Å². The first-order valence-electron chi connectivity index (χ1n) is 5.12. The zero-order chi connectivity index (χ0) is 9.10. The van der Waals surface area contributed by atoms with Crippen molar-refractivity contribution in [3.8, 4) is 0 Å². The molecule has 4 nitrogen and oxygen atoms in total. The van der Waals surface area contributed by atoms with Gasteiger partial charge in [0.1, 0.15) is 0 Å². The van der Waals surface area contributed by atoms with Gasteiger partial charge in [0.2, 0.25) is 5.91 Å². The summed E-state index contributed by atoms with van der Waals surface area (Å²) in [5.41, 5.74) is 3.30. The molecular formula is C9H17N3O. The van der Waals surface area contributed by atoms with Gasteiger partial charge in [0, 0.05) is 32.1 Å². The largest absolute Gasteiger partial charge is 0.356 e. The Morgan fingerprint density at radius 1 is 1.46 bits per heavy atom. The Morgan fingerprint density at radius 2 is 2.38 bits per heavy atom. The summed E-state index contributed by atoms with van der Waals surface area (Å²) in [7, 11) is 0. The van der Waals surface area contributed by atoms with Gasteiger partial charge in [-0.05, 0) is 19.3 Å². The van der Waals surface area contributed by atoms with Crippen molar-refractivity contribution in [2.75, 3.05) is 26.2 Å². The second-order valence-electron chi connectivity index (χ2n) is 3.81. The van der Waals surface area contributed by atoms with Crippen molar-refractivity contribution in [2.45, 2.75) is 19.3 Å². The average Bonchev–Trinajstić information content (AvgIpc) is 2.72. The number of hydrogen-bond donors (Lipinski definition) is 2. The molecule has 2 aliphatic rings. The molecule has 13 heavy (non-hydrogen) atoms. The Morgan fingerprint density at radius 3 is 3.00 bits per heavy atom. The molecule has 0 aromatic rings. The van der Waals surface area contributed by atoms with E-state index in [1.807, 2.05) is 0 Å². The van der Waals surface area contributed by atoms with Gasteiger partial charge in [-0.25, -0.2) is 5.01 Å². The Bertz CT molecular complexity index is 189. The van der Waals surface area contributed by atoms with Crippen molar-refractivity contribution in [2.24, 2.45) is 5.92 Å². The molecule has 2 aliphatic heterocycles. The lowest BCUT2D eigenvalue weighted by Gasteiger charge is -2.16. The Kier molecular flexibility index (Phi) is 2.80. The number of hydrogen-bond acceptors (Lipinski definition) is 3. The summed E-state index contributed by atoms with van der Waals surface area (Å²) in [6, 6.07) is 0. The van der Waals surface area contributed by atoms with E-state index in [9.17, 15) is 4.79 Å². The highest BCUT2D eigenvalue weighted by atomic mass is 16.2. The van der Waals surface area contributed by atoms with Gasteiger partial charge in [-0.3, -0.25) is 10.2 Å². The molecule has 2 heterocycles. The number of amides is 1. The number of carbonyl (C=O) groups excluding carboxylic acids is 1. The van der Waals surface area contributed by atoms with Gasteiger partial charge in [-0.1, -0.05) is 0 Å². The van der Waals surface area contributed by atoms with Crippen molar-refractivity contribution in [3.05, 3.63) is 0 Å². The van der Waals surface area contributed by atoms with Gasteiger partial charge in [0.05, 0.1) is 0 Å². The van der Waals surface area contributed by atoms with E-state index >= 15 is 0 Å². The van der Waals surface area contributed by atoms with Crippen molar-refractivity contribution in [3.63, 3.8) is 0 Å². The molecule has 0 aliphatic carbocycles. The predicted octanol–water partition coefficient (Wildman–Crippen LogP) is -0.277. The van der Waals surface area contributed by atoms with E-state index in [4.69, 9.17) is 0 Å². The topological polar surface area (TPSA) is 44.4 Å². The minimum absolute atomic E-state index is 0.249. The van der Waals surface area contributed by atoms with E-state index in [1.54, 1.807) is 0 Å². The van der Waals surface area contributed by atoms with Crippen LogP contribution < -0.4 is 10.7 Å². The van der Waals surface area contributed by atoms with E-state index in [0.717, 1.165) is 39.0 Å². The Hall–Kier alpha value is -0.610. The lowest BCUT2D eigenvalue weighted by molar-refractivity contribution is -0.122. The van der Waals surface area contributed by atoms with Crippen molar-refractivity contribution in [1.29, 1.82) is 0 Å². The molecule has 2 fully saturated rings. The molecule has 0 aromatic carbocycles. The highest BCUT2D eigenvalue weighted by Crippen LogP contribution is 2.14. The minimum Gasteiger partial charge on any atom is -0.356 e. The van der Waals surface area contributed by atoms with Gasteiger partial charge in [0.25, 0.3) is 0 Å². The van der Waals surface area contributed by atoms with Crippen LogP contribution in [0.3, 0.4) is 0 Å². The smallest absolute Gasteiger partial charge is 0.223 e. The summed E-state index contributed by atoms with van der Waals surface area (Å²) < 4.78 is 0. The fraction of sp³-hybridized carbons (Fsp3) is 0.889. The maximum absolute atomic E-state index is 11.2. The summed E-state index contributed by atoms with van der Waals surface area (Å²) in [5, 5.41) is 5.09. The molecule has 2 N–H and O–H groups in total. The van der Waals surface area contributed by atoms with Gasteiger partial charge in [0.15, 0.2) is 0 Å². The molecule has 2 saturated heterocycles. The lowest BCUT2D eigenvalue weighted by Crippen LogP contribution is -2.33. The molecule has 0 aromatic heterocycles. The van der Waals surface area contributed by atoms with E-state index in [1.165, 1.54) is 6.42 Å². The van der Waals surface area contributed by atoms with Crippen LogP contribution >= 0.6 is 0 Å². The Balaban J connectivity index is 1.69. The molecule has 0 saturated carbocycles. The quantitative estimate of drug-likeness (QED) is 0.632. The van der Waals surface area contributed by atoms with Gasteiger partial charge in [-0.15, -0.1) is 0 Å². The fourth-order valence-electron chi connectivity index (χ4n) is 2.01. The second kappa shape index (κ2) is 4.07. The van der Waals surface area contributed by atoms with Crippen LogP contribution in [-0.4, -0.2) is 37.1 Å². The third-order valence-corrected chi connectivity index (χ3v) is 2.85. The predicted molar refractivity (Wildman–Crippen MR) is 49.9 cm³/mol. The van der Waals surface area contributed by atoms with Crippen molar-refractivity contribution >= 4 is 5.91 Å². The first-order valence-corrected chi connectivity index (χ1v) is 5.12. The molecular weight excluding hydrogens is 166 g/mol. The molecule has 74 valence electrons. The second-order valence-corrected chi connectivity index (χ2v) is 3.81. The standard InChI is InChI=1S/C9H17N3O/c13-9-8(2-5-10-9)3-7-12-6-1-4-11-12/h8,11H,1-7H2,(H,10,13). The number of carbonyl (C=O) groups is 1. The zero-order valence-electron chi connectivity index (χ0n) is 7.88. The summed E-state index contributed by atoms with van der Waals surface area (Å²) in [6.07, 6.45) is 3.25. The first-order chi connectivity index (χ1) is 6.36. The molecule has 1 unspecified atom stereocenters. The van der Waals surface area contributed by atoms with E-state index in [0.29, 0.717) is 0 Å². The van der Waals surface area contributed by atoms with E-state index < -0.39 is 0 Å². The molecule has 2 rings (SSSR count). The molecule has 1 amide bonds. The maximum Gasteiger partial charge on any atom is 0.223 e.